The minimum absolute atomic E-state index is 0.0580. The third kappa shape index (κ3) is 3.06. The average Bonchev–Trinajstić information content (AvgIpc) is 3.12. The predicted octanol–water partition coefficient (Wildman–Crippen LogP) is 4.85. The standard InChI is InChI=1S/C20H17ClN2O3/c1-11-8-12-9-13(10-16(21)19(12)26-11)22-18(24)7-6-15-14-4-2-3-5-17(14)23-20(15)25/h2-5,8-10,15H,6-7H2,1H3,(H,22,24)(H,23,25)/t15-/m1/s1. The van der Waals surface area contributed by atoms with E-state index in [1.54, 1.807) is 6.07 Å². The number of halogens is 1. The Morgan fingerprint density at radius 3 is 2.92 bits per heavy atom. The molecule has 5 nitrogen and oxygen atoms in total. The molecule has 1 aromatic heterocycles. The van der Waals surface area contributed by atoms with Crippen LogP contribution in [0.15, 0.2) is 46.9 Å². The summed E-state index contributed by atoms with van der Waals surface area (Å²) in [6.45, 7) is 1.85. The van der Waals surface area contributed by atoms with Gasteiger partial charge in [0, 0.05) is 23.2 Å². The second-order valence-electron chi connectivity index (χ2n) is 6.45. The lowest BCUT2D eigenvalue weighted by Gasteiger charge is -2.10. The van der Waals surface area contributed by atoms with Crippen LogP contribution in [0.25, 0.3) is 11.0 Å². The summed E-state index contributed by atoms with van der Waals surface area (Å²) in [4.78, 5) is 24.5. The van der Waals surface area contributed by atoms with Crippen molar-refractivity contribution in [3.8, 4) is 0 Å². The number of rotatable bonds is 4. The van der Waals surface area contributed by atoms with E-state index in [0.29, 0.717) is 22.7 Å². The summed E-state index contributed by atoms with van der Waals surface area (Å²) in [5, 5.41) is 7.00. The highest BCUT2D eigenvalue weighted by Crippen LogP contribution is 2.35. The number of hydrogen-bond donors (Lipinski definition) is 2. The summed E-state index contributed by atoms with van der Waals surface area (Å²) in [7, 11) is 0. The molecule has 6 heteroatoms. The lowest BCUT2D eigenvalue weighted by Crippen LogP contribution is -2.16. The molecule has 2 heterocycles. The minimum Gasteiger partial charge on any atom is -0.460 e. The second-order valence-corrected chi connectivity index (χ2v) is 6.86. The van der Waals surface area contributed by atoms with Crippen molar-refractivity contribution in [2.24, 2.45) is 0 Å². The molecule has 1 aliphatic heterocycles. The van der Waals surface area contributed by atoms with Crippen LogP contribution < -0.4 is 10.6 Å². The maximum absolute atomic E-state index is 12.3. The maximum Gasteiger partial charge on any atom is 0.232 e. The molecular weight excluding hydrogens is 352 g/mol. The highest BCUT2D eigenvalue weighted by atomic mass is 35.5. The van der Waals surface area contributed by atoms with Gasteiger partial charge in [0.2, 0.25) is 11.8 Å². The van der Waals surface area contributed by atoms with E-state index in [1.165, 1.54) is 0 Å². The molecule has 0 radical (unpaired) electrons. The van der Waals surface area contributed by atoms with Crippen LogP contribution in [-0.2, 0) is 9.59 Å². The van der Waals surface area contributed by atoms with Crippen molar-refractivity contribution < 1.29 is 14.0 Å². The molecule has 0 unspecified atom stereocenters. The molecule has 1 atom stereocenters. The normalized spacial score (nSPS) is 15.8. The van der Waals surface area contributed by atoms with Gasteiger partial charge in [0.1, 0.15) is 5.76 Å². The first-order valence-corrected chi connectivity index (χ1v) is 8.78. The third-order valence-corrected chi connectivity index (χ3v) is 4.83. The molecule has 0 aliphatic carbocycles. The van der Waals surface area contributed by atoms with Gasteiger partial charge in [-0.05, 0) is 43.2 Å². The first kappa shape index (κ1) is 16.7. The molecule has 0 saturated carbocycles. The van der Waals surface area contributed by atoms with Crippen LogP contribution in [-0.4, -0.2) is 11.8 Å². The molecule has 26 heavy (non-hydrogen) atoms. The van der Waals surface area contributed by atoms with Crippen molar-refractivity contribution in [2.75, 3.05) is 10.6 Å². The van der Waals surface area contributed by atoms with E-state index in [0.717, 1.165) is 22.4 Å². The van der Waals surface area contributed by atoms with E-state index in [1.807, 2.05) is 43.3 Å². The Kier molecular flexibility index (Phi) is 4.17. The summed E-state index contributed by atoms with van der Waals surface area (Å²) in [5.74, 6) is 0.256. The van der Waals surface area contributed by atoms with Crippen molar-refractivity contribution in [2.45, 2.75) is 25.7 Å². The van der Waals surface area contributed by atoms with Gasteiger partial charge in [-0.1, -0.05) is 29.8 Å². The van der Waals surface area contributed by atoms with Gasteiger partial charge in [-0.3, -0.25) is 9.59 Å². The average molecular weight is 369 g/mol. The Hall–Kier alpha value is -2.79. The zero-order valence-corrected chi connectivity index (χ0v) is 14.9. The summed E-state index contributed by atoms with van der Waals surface area (Å²) in [6, 6.07) is 12.9. The van der Waals surface area contributed by atoms with Crippen LogP contribution in [0.4, 0.5) is 11.4 Å². The quantitative estimate of drug-likeness (QED) is 0.691. The molecule has 3 aromatic rings. The molecule has 0 saturated heterocycles. The van der Waals surface area contributed by atoms with Crippen LogP contribution in [0.5, 0.6) is 0 Å². The molecule has 2 N–H and O–H groups in total. The second kappa shape index (κ2) is 6.50. The lowest BCUT2D eigenvalue weighted by atomic mass is 9.95. The molecule has 0 fully saturated rings. The van der Waals surface area contributed by atoms with Gasteiger partial charge >= 0.3 is 0 Å². The number of nitrogens with one attached hydrogen (secondary N) is 2. The lowest BCUT2D eigenvalue weighted by molar-refractivity contribution is -0.118. The maximum atomic E-state index is 12.3. The summed E-state index contributed by atoms with van der Waals surface area (Å²) in [5.41, 5.74) is 3.00. The zero-order valence-electron chi connectivity index (χ0n) is 14.1. The number of anilines is 2. The molecular formula is C20H17ClN2O3. The van der Waals surface area contributed by atoms with Gasteiger partial charge in [-0.2, -0.15) is 0 Å². The largest absolute Gasteiger partial charge is 0.460 e. The van der Waals surface area contributed by atoms with Crippen molar-refractivity contribution in [1.82, 2.24) is 0 Å². The number of fused-ring (bicyclic) bond motifs is 2. The van der Waals surface area contributed by atoms with Crippen LogP contribution in [0.2, 0.25) is 5.02 Å². The topological polar surface area (TPSA) is 71.3 Å². The summed E-state index contributed by atoms with van der Waals surface area (Å²) < 4.78 is 5.53. The van der Waals surface area contributed by atoms with Crippen molar-refractivity contribution in [3.63, 3.8) is 0 Å². The first-order chi connectivity index (χ1) is 12.5. The molecule has 2 aromatic carbocycles. The molecule has 1 aliphatic rings. The van der Waals surface area contributed by atoms with E-state index in [-0.39, 0.29) is 24.2 Å². The van der Waals surface area contributed by atoms with Crippen LogP contribution in [0, 0.1) is 6.92 Å². The molecule has 4 rings (SSSR count). The van der Waals surface area contributed by atoms with E-state index in [2.05, 4.69) is 10.6 Å². The number of benzene rings is 2. The van der Waals surface area contributed by atoms with E-state index < -0.39 is 0 Å². The number of carbonyl (C=O) groups excluding carboxylic acids is 2. The Balaban J connectivity index is 1.44. The highest BCUT2D eigenvalue weighted by Gasteiger charge is 2.30. The molecule has 0 spiro atoms. The fraction of sp³-hybridized carbons (Fsp3) is 0.200. The van der Waals surface area contributed by atoms with Gasteiger partial charge in [-0.15, -0.1) is 0 Å². The Bertz CT molecular complexity index is 1030. The zero-order chi connectivity index (χ0) is 18.3. The molecule has 2 amide bonds. The van der Waals surface area contributed by atoms with E-state index >= 15 is 0 Å². The number of hydrogen-bond acceptors (Lipinski definition) is 3. The predicted molar refractivity (Wildman–Crippen MR) is 102 cm³/mol. The number of aryl methyl sites for hydroxylation is 1. The van der Waals surface area contributed by atoms with Crippen molar-refractivity contribution >= 4 is 45.8 Å². The van der Waals surface area contributed by atoms with Gasteiger partial charge in [0.15, 0.2) is 5.58 Å². The van der Waals surface area contributed by atoms with E-state index in [9.17, 15) is 9.59 Å². The number of amides is 2. The van der Waals surface area contributed by atoms with Crippen molar-refractivity contribution in [1.29, 1.82) is 0 Å². The Labute approximate surface area is 155 Å². The Morgan fingerprint density at radius 2 is 2.08 bits per heavy atom. The fourth-order valence-electron chi connectivity index (χ4n) is 3.37. The molecule has 132 valence electrons. The summed E-state index contributed by atoms with van der Waals surface area (Å²) >= 11 is 6.22. The summed E-state index contributed by atoms with van der Waals surface area (Å²) in [6.07, 6.45) is 0.696. The number of furan rings is 1. The van der Waals surface area contributed by atoms with Crippen LogP contribution in [0.3, 0.4) is 0 Å². The van der Waals surface area contributed by atoms with E-state index in [4.69, 9.17) is 16.0 Å². The van der Waals surface area contributed by atoms with Gasteiger partial charge in [0.05, 0.1) is 10.9 Å². The fourth-order valence-corrected chi connectivity index (χ4v) is 3.64. The smallest absolute Gasteiger partial charge is 0.232 e. The van der Waals surface area contributed by atoms with Crippen LogP contribution in [0.1, 0.15) is 30.1 Å². The van der Waals surface area contributed by atoms with Gasteiger partial charge in [0.25, 0.3) is 0 Å². The number of para-hydroxylation sites is 1. The molecule has 0 bridgehead atoms. The number of carbonyl (C=O) groups is 2. The monoisotopic (exact) mass is 368 g/mol. The minimum atomic E-state index is -0.292. The van der Waals surface area contributed by atoms with Crippen molar-refractivity contribution in [3.05, 3.63) is 58.8 Å². The highest BCUT2D eigenvalue weighted by molar-refractivity contribution is 6.35. The van der Waals surface area contributed by atoms with Gasteiger partial charge < -0.3 is 15.1 Å². The van der Waals surface area contributed by atoms with Crippen LogP contribution >= 0.6 is 11.6 Å². The van der Waals surface area contributed by atoms with Gasteiger partial charge in [-0.25, -0.2) is 0 Å². The third-order valence-electron chi connectivity index (χ3n) is 4.55. The SMILES string of the molecule is Cc1cc2cc(NC(=O)CC[C@H]3C(=O)Nc4ccccc43)cc(Cl)c2o1. The Morgan fingerprint density at radius 1 is 1.27 bits per heavy atom. The first-order valence-electron chi connectivity index (χ1n) is 8.40.